The maximum Gasteiger partial charge on any atom is 0.125 e. The van der Waals surface area contributed by atoms with Crippen LogP contribution in [-0.4, -0.2) is 28.2 Å². The molecule has 4 nitrogen and oxygen atoms in total. The molecule has 20 heavy (non-hydrogen) atoms. The van der Waals surface area contributed by atoms with Crippen molar-refractivity contribution < 1.29 is 0 Å². The van der Waals surface area contributed by atoms with Gasteiger partial charge in [0.1, 0.15) is 5.01 Å². The van der Waals surface area contributed by atoms with E-state index in [0.717, 1.165) is 26.8 Å². The SMILES string of the molecule is CN=Cc1cccc(-c2cnc(-c3cccnc3)s2)n1. The molecule has 98 valence electrons. The number of hydrogen-bond acceptors (Lipinski definition) is 5. The van der Waals surface area contributed by atoms with Crippen LogP contribution in [0.15, 0.2) is 53.9 Å². The zero-order chi connectivity index (χ0) is 13.8. The van der Waals surface area contributed by atoms with Crippen molar-refractivity contribution >= 4 is 17.6 Å². The second kappa shape index (κ2) is 5.71. The Kier molecular flexibility index (Phi) is 3.60. The molecule has 0 aliphatic rings. The highest BCUT2D eigenvalue weighted by atomic mass is 32.1. The van der Waals surface area contributed by atoms with Gasteiger partial charge in [-0.05, 0) is 24.3 Å². The average molecular weight is 280 g/mol. The molecule has 0 atom stereocenters. The predicted octanol–water partition coefficient (Wildman–Crippen LogP) is 3.32. The van der Waals surface area contributed by atoms with E-state index in [1.807, 2.05) is 42.7 Å². The van der Waals surface area contributed by atoms with E-state index < -0.39 is 0 Å². The summed E-state index contributed by atoms with van der Waals surface area (Å²) in [6.07, 6.45) is 7.16. The van der Waals surface area contributed by atoms with E-state index in [-0.39, 0.29) is 0 Å². The Hall–Kier alpha value is -2.40. The molecule has 0 aliphatic heterocycles. The lowest BCUT2D eigenvalue weighted by molar-refractivity contribution is 1.29. The number of thiazole rings is 1. The molecule has 0 spiro atoms. The van der Waals surface area contributed by atoms with Crippen LogP contribution in [0.25, 0.3) is 21.1 Å². The van der Waals surface area contributed by atoms with Crippen LogP contribution in [0, 0.1) is 0 Å². The molecule has 0 bridgehead atoms. The summed E-state index contributed by atoms with van der Waals surface area (Å²) in [6.45, 7) is 0. The Balaban J connectivity index is 1.96. The van der Waals surface area contributed by atoms with Gasteiger partial charge in [-0.3, -0.25) is 9.98 Å². The Morgan fingerprint density at radius 3 is 2.90 bits per heavy atom. The van der Waals surface area contributed by atoms with Crippen LogP contribution in [0.3, 0.4) is 0 Å². The van der Waals surface area contributed by atoms with E-state index in [1.54, 1.807) is 30.8 Å². The largest absolute Gasteiger partial charge is 0.294 e. The van der Waals surface area contributed by atoms with Crippen molar-refractivity contribution in [2.24, 2.45) is 4.99 Å². The third-order valence-corrected chi connectivity index (χ3v) is 3.77. The zero-order valence-corrected chi connectivity index (χ0v) is 11.7. The number of aromatic nitrogens is 3. The van der Waals surface area contributed by atoms with E-state index in [9.17, 15) is 0 Å². The molecule has 3 aromatic rings. The van der Waals surface area contributed by atoms with E-state index in [0.29, 0.717) is 0 Å². The van der Waals surface area contributed by atoms with Gasteiger partial charge in [-0.25, -0.2) is 9.97 Å². The normalized spacial score (nSPS) is 11.1. The maximum atomic E-state index is 4.55. The summed E-state index contributed by atoms with van der Waals surface area (Å²) >= 11 is 1.61. The van der Waals surface area contributed by atoms with Gasteiger partial charge in [-0.1, -0.05) is 6.07 Å². The third-order valence-electron chi connectivity index (χ3n) is 2.70. The molecule has 0 fully saturated rings. The van der Waals surface area contributed by atoms with Gasteiger partial charge in [-0.15, -0.1) is 11.3 Å². The monoisotopic (exact) mass is 280 g/mol. The molecule has 0 aliphatic carbocycles. The van der Waals surface area contributed by atoms with E-state index >= 15 is 0 Å². The smallest absolute Gasteiger partial charge is 0.125 e. The highest BCUT2D eigenvalue weighted by Crippen LogP contribution is 2.30. The van der Waals surface area contributed by atoms with Crippen molar-refractivity contribution in [3.63, 3.8) is 0 Å². The molecule has 0 unspecified atom stereocenters. The van der Waals surface area contributed by atoms with Gasteiger partial charge < -0.3 is 0 Å². The quantitative estimate of drug-likeness (QED) is 0.692. The van der Waals surface area contributed by atoms with Crippen LogP contribution in [0.1, 0.15) is 5.69 Å². The van der Waals surface area contributed by atoms with Gasteiger partial charge in [0, 0.05) is 37.4 Å². The number of pyridine rings is 2. The molecule has 3 aromatic heterocycles. The summed E-state index contributed by atoms with van der Waals surface area (Å²) in [5.74, 6) is 0. The molecular weight excluding hydrogens is 268 g/mol. The number of hydrogen-bond donors (Lipinski definition) is 0. The third kappa shape index (κ3) is 2.62. The minimum Gasteiger partial charge on any atom is -0.294 e. The maximum absolute atomic E-state index is 4.55. The summed E-state index contributed by atoms with van der Waals surface area (Å²) in [7, 11) is 1.74. The molecule has 0 amide bonds. The Morgan fingerprint density at radius 2 is 2.10 bits per heavy atom. The average Bonchev–Trinajstić information content (AvgIpc) is 2.99. The summed E-state index contributed by atoms with van der Waals surface area (Å²) in [6, 6.07) is 9.80. The molecule has 0 saturated heterocycles. The van der Waals surface area contributed by atoms with Gasteiger partial charge in [0.25, 0.3) is 0 Å². The van der Waals surface area contributed by atoms with Crippen molar-refractivity contribution in [3.8, 4) is 21.1 Å². The standard InChI is InChI=1S/C15H12N4S/c1-16-9-12-5-2-6-13(19-12)14-10-18-15(20-14)11-4-3-7-17-8-11/h2-10H,1H3. The molecular formula is C15H12N4S. The Labute approximate surface area is 120 Å². The second-order valence-electron chi connectivity index (χ2n) is 4.11. The molecule has 3 heterocycles. The summed E-state index contributed by atoms with van der Waals surface area (Å²) < 4.78 is 0. The first-order valence-electron chi connectivity index (χ1n) is 6.12. The summed E-state index contributed by atoms with van der Waals surface area (Å²) in [5, 5.41) is 0.949. The fourth-order valence-electron chi connectivity index (χ4n) is 1.81. The zero-order valence-electron chi connectivity index (χ0n) is 10.9. The fraction of sp³-hybridized carbons (Fsp3) is 0.0667. The Morgan fingerprint density at radius 1 is 1.15 bits per heavy atom. The lowest BCUT2D eigenvalue weighted by Gasteiger charge is -1.97. The minimum atomic E-state index is 0.848. The van der Waals surface area contributed by atoms with Crippen molar-refractivity contribution in [2.75, 3.05) is 7.05 Å². The van der Waals surface area contributed by atoms with Gasteiger partial charge in [0.15, 0.2) is 0 Å². The van der Waals surface area contributed by atoms with Crippen LogP contribution in [0.2, 0.25) is 0 Å². The fourth-order valence-corrected chi connectivity index (χ4v) is 2.68. The van der Waals surface area contributed by atoms with E-state index in [1.165, 1.54) is 0 Å². The molecule has 3 rings (SSSR count). The molecule has 5 heteroatoms. The van der Waals surface area contributed by atoms with Gasteiger partial charge >= 0.3 is 0 Å². The van der Waals surface area contributed by atoms with E-state index in [4.69, 9.17) is 0 Å². The molecule has 0 aromatic carbocycles. The van der Waals surface area contributed by atoms with E-state index in [2.05, 4.69) is 19.9 Å². The lowest BCUT2D eigenvalue weighted by Crippen LogP contribution is -1.88. The minimum absolute atomic E-state index is 0.848. The lowest BCUT2D eigenvalue weighted by atomic mass is 10.3. The highest BCUT2D eigenvalue weighted by molar-refractivity contribution is 7.18. The van der Waals surface area contributed by atoms with Crippen molar-refractivity contribution in [1.82, 2.24) is 15.0 Å². The molecule has 0 saturated carbocycles. The van der Waals surface area contributed by atoms with Crippen LogP contribution in [0.5, 0.6) is 0 Å². The van der Waals surface area contributed by atoms with Gasteiger partial charge in [-0.2, -0.15) is 0 Å². The van der Waals surface area contributed by atoms with Crippen molar-refractivity contribution in [2.45, 2.75) is 0 Å². The highest BCUT2D eigenvalue weighted by Gasteiger charge is 2.07. The van der Waals surface area contributed by atoms with Crippen molar-refractivity contribution in [3.05, 3.63) is 54.6 Å². The topological polar surface area (TPSA) is 51.0 Å². The molecule has 0 N–H and O–H groups in total. The summed E-state index contributed by atoms with van der Waals surface area (Å²) in [4.78, 5) is 18.1. The van der Waals surface area contributed by atoms with Gasteiger partial charge in [0.2, 0.25) is 0 Å². The molecule has 0 radical (unpaired) electrons. The first kappa shape index (κ1) is 12.6. The second-order valence-corrected chi connectivity index (χ2v) is 5.14. The number of rotatable bonds is 3. The van der Waals surface area contributed by atoms with Crippen LogP contribution >= 0.6 is 11.3 Å². The predicted molar refractivity (Wildman–Crippen MR) is 82.1 cm³/mol. The van der Waals surface area contributed by atoms with Crippen LogP contribution < -0.4 is 0 Å². The number of nitrogens with zero attached hydrogens (tertiary/aromatic N) is 4. The first-order valence-corrected chi connectivity index (χ1v) is 6.94. The number of aliphatic imine (C=N–C) groups is 1. The van der Waals surface area contributed by atoms with Crippen LogP contribution in [-0.2, 0) is 0 Å². The van der Waals surface area contributed by atoms with Gasteiger partial charge in [0.05, 0.1) is 16.3 Å². The van der Waals surface area contributed by atoms with Crippen molar-refractivity contribution in [1.29, 1.82) is 0 Å². The summed E-state index contributed by atoms with van der Waals surface area (Å²) in [5.41, 5.74) is 2.78. The van der Waals surface area contributed by atoms with Crippen LogP contribution in [0.4, 0.5) is 0 Å². The Bertz CT molecular complexity index is 734. The first-order chi connectivity index (χ1) is 9.86.